The Labute approximate surface area is 182 Å². The van der Waals surface area contributed by atoms with E-state index in [1.165, 1.54) is 34.6 Å². The molecule has 166 valence electrons. The zero-order valence-electron chi connectivity index (χ0n) is 16.6. The van der Waals surface area contributed by atoms with Crippen molar-refractivity contribution in [2.24, 2.45) is 0 Å². The summed E-state index contributed by atoms with van der Waals surface area (Å²) in [6.45, 7) is -0.205. The lowest BCUT2D eigenvalue weighted by Gasteiger charge is -2.20. The van der Waals surface area contributed by atoms with Crippen LogP contribution in [0.2, 0.25) is 0 Å². The third-order valence-electron chi connectivity index (χ3n) is 5.27. The van der Waals surface area contributed by atoms with E-state index in [-0.39, 0.29) is 17.2 Å². The summed E-state index contributed by atoms with van der Waals surface area (Å²) < 4.78 is 65.8. The summed E-state index contributed by atoms with van der Waals surface area (Å²) in [5, 5.41) is 16.7. The lowest BCUT2D eigenvalue weighted by atomic mass is 10.0. The minimum absolute atomic E-state index is 0.00856. The number of sulfonamides is 1. The number of fused-ring (bicyclic) bond motifs is 1. The molecule has 32 heavy (non-hydrogen) atoms. The second-order valence-electron chi connectivity index (χ2n) is 7.26. The van der Waals surface area contributed by atoms with Gasteiger partial charge in [-0.3, -0.25) is 9.29 Å². The van der Waals surface area contributed by atoms with Gasteiger partial charge in [0.2, 0.25) is 0 Å². The fourth-order valence-corrected chi connectivity index (χ4v) is 5.08. The van der Waals surface area contributed by atoms with E-state index < -0.39 is 28.5 Å². The van der Waals surface area contributed by atoms with Crippen LogP contribution in [-0.2, 0) is 22.6 Å². The molecule has 1 aliphatic rings. The zero-order chi connectivity index (χ0) is 23.1. The van der Waals surface area contributed by atoms with Gasteiger partial charge in [0.15, 0.2) is 0 Å². The number of benzene rings is 2. The minimum atomic E-state index is -4.51. The van der Waals surface area contributed by atoms with Crippen LogP contribution in [0.15, 0.2) is 65.7 Å². The monoisotopic (exact) mass is 461 g/mol. The Bertz CT molecular complexity index is 1270. The fraction of sp³-hybridized carbons (Fsp3) is 0.182. The average molecular weight is 461 g/mol. The number of aliphatic hydroxyl groups excluding tert-OH is 1. The molecule has 0 atom stereocenters. The smallest absolute Gasteiger partial charge is 0.390 e. The molecule has 4 rings (SSSR count). The standard InChI is InChI=1S/C22H18F3N3O3S/c23-22(24,25)21-8-4-17(12-27-21)15-3-7-20-16(11-15)9-10-28(20)32(30,31)18-5-1-14(2-6-18)19(26)13-29/h1-8,11-12,26,29H,9-10,13H2. The van der Waals surface area contributed by atoms with Crippen molar-refractivity contribution in [3.05, 3.63) is 77.6 Å². The van der Waals surface area contributed by atoms with Crippen molar-refractivity contribution in [2.75, 3.05) is 17.5 Å². The van der Waals surface area contributed by atoms with Crippen molar-refractivity contribution >= 4 is 21.4 Å². The van der Waals surface area contributed by atoms with Gasteiger partial charge < -0.3 is 10.5 Å². The number of pyridine rings is 1. The number of nitrogens with one attached hydrogen (secondary N) is 1. The first-order valence-electron chi connectivity index (χ1n) is 9.59. The van der Waals surface area contributed by atoms with E-state index in [9.17, 15) is 21.6 Å². The van der Waals surface area contributed by atoms with Gasteiger partial charge in [-0.25, -0.2) is 8.42 Å². The van der Waals surface area contributed by atoms with Crippen LogP contribution in [0.1, 0.15) is 16.8 Å². The molecule has 1 aromatic heterocycles. The highest BCUT2D eigenvalue weighted by atomic mass is 32.2. The molecule has 0 amide bonds. The molecule has 0 aliphatic carbocycles. The summed E-state index contributed by atoms with van der Waals surface area (Å²) >= 11 is 0. The Hall–Kier alpha value is -3.24. The van der Waals surface area contributed by atoms with Crippen molar-refractivity contribution in [3.63, 3.8) is 0 Å². The van der Waals surface area contributed by atoms with Crippen molar-refractivity contribution < 1.29 is 26.7 Å². The average Bonchev–Trinajstić information content (AvgIpc) is 3.22. The summed E-state index contributed by atoms with van der Waals surface area (Å²) in [5.41, 5.74) is 1.89. The van der Waals surface area contributed by atoms with E-state index in [0.717, 1.165) is 17.8 Å². The summed E-state index contributed by atoms with van der Waals surface area (Å²) in [6, 6.07) is 13.1. The molecule has 0 spiro atoms. The highest BCUT2D eigenvalue weighted by Crippen LogP contribution is 2.36. The van der Waals surface area contributed by atoms with Crippen LogP contribution in [0.5, 0.6) is 0 Å². The van der Waals surface area contributed by atoms with Crippen LogP contribution >= 0.6 is 0 Å². The van der Waals surface area contributed by atoms with Crippen molar-refractivity contribution in [2.45, 2.75) is 17.5 Å². The quantitative estimate of drug-likeness (QED) is 0.564. The Balaban J connectivity index is 1.61. The van der Waals surface area contributed by atoms with E-state index >= 15 is 0 Å². The van der Waals surface area contributed by atoms with Crippen LogP contribution < -0.4 is 4.31 Å². The molecule has 2 aromatic carbocycles. The van der Waals surface area contributed by atoms with Gasteiger partial charge in [0.05, 0.1) is 22.9 Å². The molecule has 0 fully saturated rings. The van der Waals surface area contributed by atoms with Crippen molar-refractivity contribution in [3.8, 4) is 11.1 Å². The molecule has 6 nitrogen and oxygen atoms in total. The maximum absolute atomic E-state index is 13.1. The molecular formula is C22H18F3N3O3S. The third-order valence-corrected chi connectivity index (χ3v) is 7.10. The Morgan fingerprint density at radius 2 is 1.75 bits per heavy atom. The molecule has 0 saturated carbocycles. The molecule has 2 heterocycles. The highest BCUT2D eigenvalue weighted by molar-refractivity contribution is 7.92. The molecule has 1 aliphatic heterocycles. The molecular weight excluding hydrogens is 443 g/mol. The second-order valence-corrected chi connectivity index (χ2v) is 9.12. The van der Waals surface area contributed by atoms with Crippen LogP contribution in [0.4, 0.5) is 18.9 Å². The summed E-state index contributed by atoms with van der Waals surface area (Å²) in [5.74, 6) is 0. The SMILES string of the molecule is N=C(CO)c1ccc(S(=O)(=O)N2CCc3cc(-c4ccc(C(F)(F)F)nc4)ccc32)cc1. The second kappa shape index (κ2) is 8.03. The normalized spacial score (nSPS) is 13.8. The first-order chi connectivity index (χ1) is 15.1. The van der Waals surface area contributed by atoms with Crippen molar-refractivity contribution in [1.29, 1.82) is 5.41 Å². The van der Waals surface area contributed by atoms with Crippen LogP contribution in [0.25, 0.3) is 11.1 Å². The van der Waals surface area contributed by atoms with Gasteiger partial charge in [-0.1, -0.05) is 24.3 Å². The minimum Gasteiger partial charge on any atom is -0.390 e. The van der Waals surface area contributed by atoms with Crippen molar-refractivity contribution in [1.82, 2.24) is 4.98 Å². The number of anilines is 1. The number of halogens is 3. The number of aromatic nitrogens is 1. The maximum atomic E-state index is 13.1. The lowest BCUT2D eigenvalue weighted by molar-refractivity contribution is -0.141. The van der Waals surface area contributed by atoms with Gasteiger partial charge in [0.25, 0.3) is 10.0 Å². The topological polar surface area (TPSA) is 94.3 Å². The Kier molecular flexibility index (Phi) is 5.51. The van der Waals surface area contributed by atoms with E-state index in [4.69, 9.17) is 10.5 Å². The number of alkyl halides is 3. The summed E-state index contributed by atoms with van der Waals surface area (Å²) in [4.78, 5) is 3.54. The molecule has 0 unspecified atom stereocenters. The highest BCUT2D eigenvalue weighted by Gasteiger charge is 2.33. The fourth-order valence-electron chi connectivity index (χ4n) is 3.58. The number of rotatable bonds is 5. The zero-order valence-corrected chi connectivity index (χ0v) is 17.4. The number of hydrogen-bond donors (Lipinski definition) is 2. The van der Waals surface area contributed by atoms with E-state index in [1.807, 2.05) is 0 Å². The molecule has 3 aromatic rings. The van der Waals surface area contributed by atoms with Gasteiger partial charge >= 0.3 is 6.18 Å². The van der Waals surface area contributed by atoms with Gasteiger partial charge in [-0.05, 0) is 53.4 Å². The predicted molar refractivity (Wildman–Crippen MR) is 113 cm³/mol. The van der Waals surface area contributed by atoms with Gasteiger partial charge in [-0.2, -0.15) is 13.2 Å². The van der Waals surface area contributed by atoms with Gasteiger partial charge in [-0.15, -0.1) is 0 Å². The third kappa shape index (κ3) is 3.98. The van der Waals surface area contributed by atoms with E-state index in [2.05, 4.69) is 4.98 Å². The number of nitrogens with zero attached hydrogens (tertiary/aromatic N) is 2. The first kappa shape index (κ1) is 22.0. The number of aliphatic hydroxyl groups is 1. The summed E-state index contributed by atoms with van der Waals surface area (Å²) in [7, 11) is -3.84. The molecule has 0 saturated heterocycles. The largest absolute Gasteiger partial charge is 0.433 e. The van der Waals surface area contributed by atoms with E-state index in [1.54, 1.807) is 18.2 Å². The number of hydrogen-bond acceptors (Lipinski definition) is 5. The predicted octanol–water partition coefficient (Wildman–Crippen LogP) is 3.88. The molecule has 0 radical (unpaired) electrons. The van der Waals surface area contributed by atoms with Crippen LogP contribution in [0, 0.1) is 5.41 Å². The van der Waals surface area contributed by atoms with Crippen LogP contribution in [0.3, 0.4) is 0 Å². The van der Waals surface area contributed by atoms with Gasteiger partial charge in [0.1, 0.15) is 5.69 Å². The molecule has 10 heteroatoms. The lowest BCUT2D eigenvalue weighted by Crippen LogP contribution is -2.29. The first-order valence-corrected chi connectivity index (χ1v) is 11.0. The maximum Gasteiger partial charge on any atom is 0.433 e. The Morgan fingerprint density at radius 3 is 2.34 bits per heavy atom. The molecule has 0 bridgehead atoms. The van der Waals surface area contributed by atoms with Crippen LogP contribution in [-0.4, -0.2) is 37.4 Å². The summed E-state index contributed by atoms with van der Waals surface area (Å²) in [6.07, 6.45) is -2.90. The van der Waals surface area contributed by atoms with E-state index in [0.29, 0.717) is 28.8 Å². The molecule has 2 N–H and O–H groups in total. The van der Waals surface area contributed by atoms with Gasteiger partial charge in [0, 0.05) is 18.3 Å². The Morgan fingerprint density at radius 1 is 1.06 bits per heavy atom.